The first kappa shape index (κ1) is 10.0. The minimum atomic E-state index is 0.610. The summed E-state index contributed by atoms with van der Waals surface area (Å²) in [4.78, 5) is 0. The van der Waals surface area contributed by atoms with Crippen LogP contribution in [-0.2, 0) is 0 Å². The van der Waals surface area contributed by atoms with Crippen LogP contribution in [-0.4, -0.2) is 0 Å². The van der Waals surface area contributed by atoms with Gasteiger partial charge in [0.15, 0.2) is 0 Å². The van der Waals surface area contributed by atoms with E-state index >= 15 is 0 Å². The zero-order valence-electron chi connectivity index (χ0n) is 8.27. The van der Waals surface area contributed by atoms with Crippen molar-refractivity contribution in [2.75, 3.05) is 11.5 Å². The largest absolute Gasteiger partial charge is 0.399 e. The maximum absolute atomic E-state index is 5.72. The molecule has 0 spiro atoms. The fraction of sp³-hybridized carbons (Fsp3) is 0. The Hall–Kier alpha value is -1.53. The predicted octanol–water partition coefficient (Wildman–Crippen LogP) is 1.48. The monoisotopic (exact) mass is 216 g/mol. The molecule has 2 aromatic carbocycles. The lowest BCUT2D eigenvalue weighted by Gasteiger charge is -2.03. The summed E-state index contributed by atoms with van der Waals surface area (Å²) >= 11 is 0. The Bertz CT molecular complexity index is 425. The van der Waals surface area contributed by atoms with Gasteiger partial charge in [0, 0.05) is 11.4 Å². The maximum atomic E-state index is 5.72. The van der Waals surface area contributed by atoms with Crippen LogP contribution in [0.5, 0.6) is 0 Å². The average Bonchev–Trinajstić information content (AvgIpc) is 2.17. The van der Waals surface area contributed by atoms with Gasteiger partial charge in [0.05, 0.1) is 0 Å². The van der Waals surface area contributed by atoms with E-state index in [2.05, 4.69) is 12.1 Å². The Morgan fingerprint density at radius 3 is 1.60 bits per heavy atom. The predicted molar refractivity (Wildman–Crippen MR) is 69.3 cm³/mol. The Labute approximate surface area is 91.1 Å². The quantitative estimate of drug-likeness (QED) is 0.590. The van der Waals surface area contributed by atoms with Gasteiger partial charge >= 0.3 is 0 Å². The minimum absolute atomic E-state index is 0.610. The molecule has 0 aliphatic carbocycles. The molecule has 2 nitrogen and oxygen atoms in total. The first-order valence-electron chi connectivity index (χ1n) is 4.72. The highest BCUT2D eigenvalue weighted by Crippen LogP contribution is 2.13. The topological polar surface area (TPSA) is 52.0 Å². The molecule has 0 fully saturated rings. The van der Waals surface area contributed by atoms with E-state index in [-0.39, 0.29) is 0 Å². The third-order valence-electron chi connectivity index (χ3n) is 2.06. The highest BCUT2D eigenvalue weighted by atomic mass is 31.1. The summed E-state index contributed by atoms with van der Waals surface area (Å²) in [5.74, 6) is 0. The zero-order chi connectivity index (χ0) is 10.7. The van der Waals surface area contributed by atoms with E-state index in [4.69, 9.17) is 11.5 Å². The second kappa shape index (κ2) is 4.33. The molecule has 0 saturated carbocycles. The fourth-order valence-corrected chi connectivity index (χ4v) is 2.57. The summed E-state index contributed by atoms with van der Waals surface area (Å²) < 4.78 is 0. The molecule has 0 atom stereocenters. The van der Waals surface area contributed by atoms with Crippen molar-refractivity contribution in [1.29, 1.82) is 0 Å². The van der Waals surface area contributed by atoms with E-state index in [1.165, 1.54) is 10.6 Å². The molecule has 0 aliphatic rings. The zero-order valence-corrected chi connectivity index (χ0v) is 9.27. The highest BCUT2D eigenvalue weighted by molar-refractivity contribution is 7.55. The fourth-order valence-electron chi connectivity index (χ4n) is 1.40. The molecule has 0 heterocycles. The van der Waals surface area contributed by atoms with Crippen molar-refractivity contribution < 1.29 is 0 Å². The number of benzene rings is 2. The molecule has 0 aromatic heterocycles. The lowest BCUT2D eigenvalue weighted by Crippen LogP contribution is -2.04. The Kier molecular flexibility index (Phi) is 2.89. The molecule has 0 unspecified atom stereocenters. The molecule has 76 valence electrons. The summed E-state index contributed by atoms with van der Waals surface area (Å²) in [6.07, 6.45) is 0. The van der Waals surface area contributed by atoms with Gasteiger partial charge in [0.1, 0.15) is 0 Å². The van der Waals surface area contributed by atoms with E-state index in [0.717, 1.165) is 11.4 Å². The van der Waals surface area contributed by atoms with Crippen LogP contribution in [0.4, 0.5) is 11.4 Å². The van der Waals surface area contributed by atoms with Crippen molar-refractivity contribution >= 4 is 30.6 Å². The van der Waals surface area contributed by atoms with E-state index < -0.39 is 0 Å². The molecular weight excluding hydrogens is 203 g/mol. The molecule has 2 aromatic rings. The van der Waals surface area contributed by atoms with Crippen molar-refractivity contribution in [1.82, 2.24) is 0 Å². The van der Waals surface area contributed by atoms with E-state index in [9.17, 15) is 0 Å². The highest BCUT2D eigenvalue weighted by Gasteiger charge is 1.96. The molecule has 0 radical (unpaired) electrons. The standard InChI is InChI=1S/C12H13N2P/c13-9-3-1-5-11(7-9)15-12-6-2-4-10(14)8-12/h1-8,15H,13-14H2. The number of hydrogen-bond acceptors (Lipinski definition) is 2. The van der Waals surface area contributed by atoms with E-state index in [1.54, 1.807) is 0 Å². The number of hydrogen-bond donors (Lipinski definition) is 2. The van der Waals surface area contributed by atoms with E-state index in [1.807, 2.05) is 36.4 Å². The number of nitrogen functional groups attached to an aromatic ring is 2. The Balaban J connectivity index is 2.22. The Morgan fingerprint density at radius 2 is 1.20 bits per heavy atom. The molecule has 2 rings (SSSR count). The maximum Gasteiger partial charge on any atom is 0.0320 e. The molecular formula is C12H13N2P. The van der Waals surface area contributed by atoms with Crippen LogP contribution >= 0.6 is 8.58 Å². The second-order valence-electron chi connectivity index (χ2n) is 3.38. The summed E-state index contributed by atoms with van der Waals surface area (Å²) in [6, 6.07) is 15.9. The lowest BCUT2D eigenvalue weighted by atomic mass is 10.3. The number of rotatable bonds is 2. The average molecular weight is 216 g/mol. The van der Waals surface area contributed by atoms with Crippen LogP contribution in [0.3, 0.4) is 0 Å². The first-order valence-corrected chi connectivity index (χ1v) is 5.72. The van der Waals surface area contributed by atoms with Gasteiger partial charge in [-0.05, 0) is 34.9 Å². The van der Waals surface area contributed by atoms with Gasteiger partial charge in [-0.2, -0.15) is 0 Å². The normalized spacial score (nSPS) is 10.1. The summed E-state index contributed by atoms with van der Waals surface area (Å²) in [5, 5.41) is 2.47. The van der Waals surface area contributed by atoms with Crippen molar-refractivity contribution in [2.24, 2.45) is 0 Å². The summed E-state index contributed by atoms with van der Waals surface area (Å²) in [5.41, 5.74) is 13.1. The minimum Gasteiger partial charge on any atom is -0.399 e. The SMILES string of the molecule is Nc1cccc(Pc2cccc(N)c2)c1. The molecule has 0 saturated heterocycles. The Morgan fingerprint density at radius 1 is 0.733 bits per heavy atom. The van der Waals surface area contributed by atoms with Gasteiger partial charge in [-0.25, -0.2) is 0 Å². The summed E-state index contributed by atoms with van der Waals surface area (Å²) in [7, 11) is 0.610. The van der Waals surface area contributed by atoms with Crippen molar-refractivity contribution in [3.8, 4) is 0 Å². The van der Waals surface area contributed by atoms with Crippen LogP contribution < -0.4 is 22.1 Å². The number of anilines is 2. The van der Waals surface area contributed by atoms with Crippen molar-refractivity contribution in [3.05, 3.63) is 48.5 Å². The van der Waals surface area contributed by atoms with Gasteiger partial charge < -0.3 is 11.5 Å². The lowest BCUT2D eigenvalue weighted by molar-refractivity contribution is 1.72. The molecule has 0 amide bonds. The van der Waals surface area contributed by atoms with E-state index in [0.29, 0.717) is 8.58 Å². The van der Waals surface area contributed by atoms with Crippen LogP contribution in [0.15, 0.2) is 48.5 Å². The van der Waals surface area contributed by atoms with Gasteiger partial charge in [-0.1, -0.05) is 32.8 Å². The molecule has 3 heteroatoms. The van der Waals surface area contributed by atoms with Crippen molar-refractivity contribution in [2.45, 2.75) is 0 Å². The first-order chi connectivity index (χ1) is 7.24. The van der Waals surface area contributed by atoms with Crippen molar-refractivity contribution in [3.63, 3.8) is 0 Å². The smallest absolute Gasteiger partial charge is 0.0320 e. The third-order valence-corrected chi connectivity index (χ3v) is 3.26. The molecule has 4 N–H and O–H groups in total. The van der Waals surface area contributed by atoms with Gasteiger partial charge in [-0.15, -0.1) is 0 Å². The van der Waals surface area contributed by atoms with Crippen LogP contribution in [0.1, 0.15) is 0 Å². The van der Waals surface area contributed by atoms with Gasteiger partial charge in [-0.3, -0.25) is 0 Å². The molecule has 15 heavy (non-hydrogen) atoms. The van der Waals surface area contributed by atoms with Gasteiger partial charge in [0.25, 0.3) is 0 Å². The molecule has 0 aliphatic heterocycles. The number of nitrogens with two attached hydrogens (primary N) is 2. The summed E-state index contributed by atoms with van der Waals surface area (Å²) in [6.45, 7) is 0. The third kappa shape index (κ3) is 2.71. The van der Waals surface area contributed by atoms with Crippen LogP contribution in [0.2, 0.25) is 0 Å². The van der Waals surface area contributed by atoms with Crippen LogP contribution in [0.25, 0.3) is 0 Å². The molecule has 0 bridgehead atoms. The second-order valence-corrected chi connectivity index (χ2v) is 4.78. The van der Waals surface area contributed by atoms with Crippen LogP contribution in [0, 0.1) is 0 Å². The van der Waals surface area contributed by atoms with Gasteiger partial charge in [0.2, 0.25) is 0 Å².